The molecule has 3 nitrogen and oxygen atoms in total. The Labute approximate surface area is 200 Å². The maximum atomic E-state index is 12.8. The van der Waals surface area contributed by atoms with E-state index in [1.54, 1.807) is 18.1 Å². The van der Waals surface area contributed by atoms with Crippen LogP contribution in [0, 0.1) is 39.9 Å². The molecule has 3 heteroatoms. The van der Waals surface area contributed by atoms with Crippen molar-refractivity contribution >= 4 is 11.8 Å². The first kappa shape index (κ1) is 24.5. The van der Waals surface area contributed by atoms with Crippen LogP contribution in [0.3, 0.4) is 0 Å². The molecule has 2 saturated carbocycles. The molecule has 4 aliphatic rings. The van der Waals surface area contributed by atoms with Gasteiger partial charge in [0.25, 0.3) is 0 Å². The van der Waals surface area contributed by atoms with Crippen molar-refractivity contribution in [2.75, 3.05) is 0 Å². The highest BCUT2D eigenvalue weighted by Gasteiger charge is 2.60. The highest BCUT2D eigenvalue weighted by molar-refractivity contribution is 5.86. The van der Waals surface area contributed by atoms with Crippen molar-refractivity contribution in [1.82, 2.24) is 0 Å². The van der Waals surface area contributed by atoms with Crippen LogP contribution in [-0.2, 0) is 9.59 Å². The molecule has 0 saturated heterocycles. The molecule has 0 radical (unpaired) electrons. The van der Waals surface area contributed by atoms with E-state index in [9.17, 15) is 9.59 Å². The Kier molecular flexibility index (Phi) is 6.11. The third kappa shape index (κ3) is 3.69. The molecule has 6 atom stereocenters. The molecule has 2 fully saturated rings. The number of Topliss-reactive ketones (excluding diaryl/α,β-unsaturated/α-hetero) is 1. The molecule has 1 N–H and O–H groups in total. The Morgan fingerprint density at radius 2 is 1.82 bits per heavy atom. The third-order valence-electron chi connectivity index (χ3n) is 10.8. The van der Waals surface area contributed by atoms with Crippen LogP contribution in [0.25, 0.3) is 0 Å². The number of rotatable bonds is 5. The highest BCUT2D eigenvalue weighted by atomic mass is 16.4. The van der Waals surface area contributed by atoms with Crippen molar-refractivity contribution in [2.45, 2.75) is 99.3 Å². The predicted octanol–water partition coefficient (Wildman–Crippen LogP) is 7.53. The first-order valence-corrected chi connectivity index (χ1v) is 13.2. The van der Waals surface area contributed by atoms with Gasteiger partial charge in [0.05, 0.1) is 0 Å². The number of fused-ring (bicyclic) bond motifs is 4. The van der Waals surface area contributed by atoms with E-state index in [-0.39, 0.29) is 16.2 Å². The van der Waals surface area contributed by atoms with Gasteiger partial charge in [0.1, 0.15) is 5.78 Å². The number of carbonyl (C=O) groups is 2. The van der Waals surface area contributed by atoms with Crippen LogP contribution in [0.15, 0.2) is 34.9 Å². The lowest BCUT2D eigenvalue weighted by atomic mass is 9.49. The van der Waals surface area contributed by atoms with Crippen LogP contribution in [0.2, 0.25) is 0 Å². The summed E-state index contributed by atoms with van der Waals surface area (Å²) in [7, 11) is 0. The third-order valence-corrected chi connectivity index (χ3v) is 10.8. The fraction of sp³-hybridized carbons (Fsp3) is 0.733. The Balaban J connectivity index is 1.54. The number of ketones is 1. The fourth-order valence-corrected chi connectivity index (χ4v) is 8.58. The van der Waals surface area contributed by atoms with E-state index < -0.39 is 5.97 Å². The smallest absolute Gasteiger partial charge is 0.330 e. The summed E-state index contributed by atoms with van der Waals surface area (Å²) < 4.78 is 0. The lowest BCUT2D eigenvalue weighted by molar-refractivity contribution is -0.139. The van der Waals surface area contributed by atoms with Gasteiger partial charge in [-0.25, -0.2) is 4.79 Å². The van der Waals surface area contributed by atoms with E-state index in [0.29, 0.717) is 35.0 Å². The van der Waals surface area contributed by atoms with E-state index in [2.05, 4.69) is 34.6 Å². The maximum Gasteiger partial charge on any atom is 0.330 e. The number of hydrogen-bond acceptors (Lipinski definition) is 2. The summed E-state index contributed by atoms with van der Waals surface area (Å²) in [5.74, 6) is 1.67. The van der Waals surface area contributed by atoms with Gasteiger partial charge in [-0.3, -0.25) is 4.79 Å². The second kappa shape index (κ2) is 8.24. The summed E-state index contributed by atoms with van der Waals surface area (Å²) in [5.41, 5.74) is 5.49. The topological polar surface area (TPSA) is 54.4 Å². The minimum Gasteiger partial charge on any atom is -0.478 e. The summed E-state index contributed by atoms with van der Waals surface area (Å²) in [6.07, 6.45) is 11.3. The standard InChI is InChI=1S/C30H44O3/c1-18(9-8-10-19(2)27(32)33)21-13-15-29(6)22-11-12-25-28(4,5)26(31)14-16-30(25,7)24(22)17-23(29)20(21)3/h10,18,21,23,25H,3,8-9,11-17H2,1-2,4-7H3,(H,32,33)/b19-10-/t18-,21-,23+,25-,29+,30-/m1/s1. The normalized spacial score (nSPS) is 39.1. The Morgan fingerprint density at radius 1 is 1.12 bits per heavy atom. The first-order valence-electron chi connectivity index (χ1n) is 13.2. The van der Waals surface area contributed by atoms with Crippen molar-refractivity contribution < 1.29 is 14.7 Å². The van der Waals surface area contributed by atoms with E-state index in [4.69, 9.17) is 11.7 Å². The van der Waals surface area contributed by atoms with Gasteiger partial charge in [-0.05, 0) is 92.8 Å². The van der Waals surface area contributed by atoms with Gasteiger partial charge in [-0.1, -0.05) is 64.0 Å². The van der Waals surface area contributed by atoms with E-state index >= 15 is 0 Å². The molecule has 0 bridgehead atoms. The second-order valence-electron chi connectivity index (χ2n) is 12.8. The van der Waals surface area contributed by atoms with E-state index in [0.717, 1.165) is 44.9 Å². The number of carboxylic acid groups (broad SMARTS) is 1. The van der Waals surface area contributed by atoms with Crippen molar-refractivity contribution in [3.63, 3.8) is 0 Å². The Bertz CT molecular complexity index is 934. The van der Waals surface area contributed by atoms with Gasteiger partial charge < -0.3 is 5.11 Å². The zero-order valence-electron chi connectivity index (χ0n) is 21.7. The van der Waals surface area contributed by atoms with Crippen molar-refractivity contribution in [3.8, 4) is 0 Å². The monoisotopic (exact) mass is 452 g/mol. The molecule has 33 heavy (non-hydrogen) atoms. The molecule has 0 aromatic rings. The van der Waals surface area contributed by atoms with Gasteiger partial charge in [0, 0.05) is 17.4 Å². The van der Waals surface area contributed by atoms with Crippen molar-refractivity contribution in [3.05, 3.63) is 34.9 Å². The molecular weight excluding hydrogens is 408 g/mol. The summed E-state index contributed by atoms with van der Waals surface area (Å²) >= 11 is 0. The summed E-state index contributed by atoms with van der Waals surface area (Å²) in [6, 6.07) is 0. The van der Waals surface area contributed by atoms with Crippen molar-refractivity contribution in [2.24, 2.45) is 39.9 Å². The molecule has 0 aliphatic heterocycles. The molecule has 4 rings (SSSR count). The first-order chi connectivity index (χ1) is 15.3. The number of hydrogen-bond donors (Lipinski definition) is 1. The summed E-state index contributed by atoms with van der Waals surface area (Å²) in [4.78, 5) is 23.9. The largest absolute Gasteiger partial charge is 0.478 e. The zero-order valence-corrected chi connectivity index (χ0v) is 21.7. The van der Waals surface area contributed by atoms with E-state index in [1.807, 2.05) is 6.08 Å². The van der Waals surface area contributed by atoms with Crippen molar-refractivity contribution in [1.29, 1.82) is 0 Å². The quantitative estimate of drug-likeness (QED) is 0.346. The van der Waals surface area contributed by atoms with Gasteiger partial charge in [0.2, 0.25) is 0 Å². The van der Waals surface area contributed by atoms with Crippen LogP contribution >= 0.6 is 0 Å². The summed E-state index contributed by atoms with van der Waals surface area (Å²) in [5, 5.41) is 9.12. The number of allylic oxidation sites excluding steroid dienone is 4. The molecule has 0 spiro atoms. The van der Waals surface area contributed by atoms with Crippen LogP contribution in [0.5, 0.6) is 0 Å². The average molecular weight is 453 g/mol. The van der Waals surface area contributed by atoms with Crippen LogP contribution in [-0.4, -0.2) is 16.9 Å². The minimum atomic E-state index is -0.817. The predicted molar refractivity (Wildman–Crippen MR) is 134 cm³/mol. The lowest BCUT2D eigenvalue weighted by Gasteiger charge is -2.54. The van der Waals surface area contributed by atoms with Crippen LogP contribution < -0.4 is 0 Å². The Morgan fingerprint density at radius 3 is 2.48 bits per heavy atom. The molecule has 0 heterocycles. The number of carbonyl (C=O) groups excluding carboxylic acids is 1. The zero-order chi connectivity index (χ0) is 24.3. The molecule has 182 valence electrons. The molecular formula is C30H44O3. The summed E-state index contributed by atoms with van der Waals surface area (Å²) in [6.45, 7) is 18.1. The lowest BCUT2D eigenvalue weighted by Crippen LogP contribution is -2.50. The van der Waals surface area contributed by atoms with Gasteiger partial charge in [0.15, 0.2) is 0 Å². The highest BCUT2D eigenvalue weighted by Crippen LogP contribution is 2.69. The maximum absolute atomic E-state index is 12.8. The molecule has 0 aromatic carbocycles. The number of carboxylic acids is 1. The fourth-order valence-electron chi connectivity index (χ4n) is 8.58. The SMILES string of the molecule is C=C1[C@@H]([C@H](C)CC/C=C(/C)C(=O)O)CC[C@@]2(C)C3=C(C[C@@H]12)[C@@]1(C)CCC(=O)C(C)(C)[C@H]1CC3. The average Bonchev–Trinajstić information content (AvgIpc) is 3.06. The van der Waals surface area contributed by atoms with E-state index in [1.165, 1.54) is 18.4 Å². The van der Waals surface area contributed by atoms with Gasteiger partial charge in [-0.2, -0.15) is 0 Å². The number of aliphatic carboxylic acids is 1. The minimum absolute atomic E-state index is 0.159. The van der Waals surface area contributed by atoms with Crippen LogP contribution in [0.1, 0.15) is 99.3 Å². The molecule has 4 aliphatic carbocycles. The van der Waals surface area contributed by atoms with Gasteiger partial charge >= 0.3 is 5.97 Å². The van der Waals surface area contributed by atoms with Crippen LogP contribution in [0.4, 0.5) is 0 Å². The molecule has 0 unspecified atom stereocenters. The Hall–Kier alpha value is -1.64. The van der Waals surface area contributed by atoms with Gasteiger partial charge in [-0.15, -0.1) is 0 Å². The molecule has 0 aromatic heterocycles. The molecule has 0 amide bonds. The second-order valence-corrected chi connectivity index (χ2v) is 12.8.